The maximum atomic E-state index is 13.0. The maximum Gasteiger partial charge on any atom is 0.255 e. The first-order valence-corrected chi connectivity index (χ1v) is 11.0. The molecule has 2 aromatic rings. The van der Waals surface area contributed by atoms with Crippen LogP contribution in [0.15, 0.2) is 54.7 Å². The van der Waals surface area contributed by atoms with Gasteiger partial charge in [0.1, 0.15) is 25.0 Å². The summed E-state index contributed by atoms with van der Waals surface area (Å²) in [5.74, 6) is -0.852. The van der Waals surface area contributed by atoms with E-state index >= 15 is 0 Å². The van der Waals surface area contributed by atoms with Crippen LogP contribution in [0.25, 0.3) is 0 Å². The fourth-order valence-corrected chi connectivity index (χ4v) is 4.31. The van der Waals surface area contributed by atoms with Crippen molar-refractivity contribution in [1.82, 2.24) is 15.1 Å². The Morgan fingerprint density at radius 3 is 2.74 bits per heavy atom. The fourth-order valence-electron chi connectivity index (χ4n) is 4.31. The summed E-state index contributed by atoms with van der Waals surface area (Å²) in [5, 5.41) is 2.73. The lowest BCUT2D eigenvalue weighted by Crippen LogP contribution is -2.49. The van der Waals surface area contributed by atoms with Gasteiger partial charge < -0.3 is 24.6 Å². The molecule has 3 aliphatic heterocycles. The van der Waals surface area contributed by atoms with E-state index in [4.69, 9.17) is 15.0 Å². The molecule has 8 heteroatoms. The van der Waals surface area contributed by atoms with Crippen LogP contribution in [-0.4, -0.2) is 53.2 Å². The zero-order chi connectivity index (χ0) is 27.2. The van der Waals surface area contributed by atoms with Crippen LogP contribution in [0.5, 0.6) is 5.75 Å². The predicted molar refractivity (Wildman–Crippen MR) is 124 cm³/mol. The number of nitrogens with zero attached hydrogens (tertiary/aromatic N) is 2. The molecule has 34 heavy (non-hydrogen) atoms. The molecule has 2 aromatic carbocycles. The third-order valence-electron chi connectivity index (χ3n) is 6.14. The number of morpholine rings is 1. The number of piperidine rings is 1. The van der Waals surface area contributed by atoms with E-state index in [0.29, 0.717) is 35.4 Å². The molecule has 2 fully saturated rings. The van der Waals surface area contributed by atoms with Gasteiger partial charge in [0.25, 0.3) is 5.91 Å². The van der Waals surface area contributed by atoms with E-state index in [9.17, 15) is 14.4 Å². The molecule has 3 aliphatic rings. The van der Waals surface area contributed by atoms with Crippen LogP contribution in [-0.2, 0) is 34.0 Å². The first-order chi connectivity index (χ1) is 18.0. The highest BCUT2D eigenvalue weighted by molar-refractivity contribution is 6.02. The monoisotopic (exact) mass is 465 g/mol. The van der Waals surface area contributed by atoms with Crippen molar-refractivity contribution in [3.05, 3.63) is 77.0 Å². The smallest absolute Gasteiger partial charge is 0.255 e. The lowest BCUT2D eigenvalue weighted by molar-refractivity contribution is -0.143. The van der Waals surface area contributed by atoms with Crippen molar-refractivity contribution in [2.45, 2.75) is 38.6 Å². The quantitative estimate of drug-likeness (QED) is 0.708. The summed E-state index contributed by atoms with van der Waals surface area (Å²) in [6.45, 7) is -1.23. The average molecular weight is 466 g/mol. The second-order valence-electron chi connectivity index (χ2n) is 8.41. The van der Waals surface area contributed by atoms with Gasteiger partial charge in [-0.1, -0.05) is 36.9 Å². The molecule has 3 atom stereocenters. The van der Waals surface area contributed by atoms with Crippen LogP contribution in [0.4, 0.5) is 0 Å². The highest BCUT2D eigenvalue weighted by atomic mass is 16.5. The van der Waals surface area contributed by atoms with Gasteiger partial charge >= 0.3 is 0 Å². The Balaban J connectivity index is 1.24. The lowest BCUT2D eigenvalue weighted by atomic mass is 10.0. The summed E-state index contributed by atoms with van der Waals surface area (Å²) in [7, 11) is 0. The number of fused-ring (bicyclic) bond motifs is 1. The topological polar surface area (TPSA) is 88.2 Å². The summed E-state index contributed by atoms with van der Waals surface area (Å²) < 4.78 is 41.8. The van der Waals surface area contributed by atoms with Gasteiger partial charge in [-0.05, 0) is 36.1 Å². The highest BCUT2D eigenvalue weighted by Gasteiger charge is 2.39. The Morgan fingerprint density at radius 2 is 1.94 bits per heavy atom. The molecule has 3 amide bonds. The second kappa shape index (κ2) is 9.30. The Labute approximate surface area is 203 Å². The number of ether oxygens (including phenoxy) is 2. The molecule has 0 aromatic heterocycles. The van der Waals surface area contributed by atoms with Crippen LogP contribution in [0.1, 0.15) is 45.4 Å². The fraction of sp³-hybridized carbons (Fsp3) is 0.346. The van der Waals surface area contributed by atoms with Gasteiger partial charge in [0.05, 0.1) is 18.6 Å². The minimum atomic E-state index is -2.64. The molecule has 3 heterocycles. The van der Waals surface area contributed by atoms with Gasteiger partial charge in [0, 0.05) is 29.9 Å². The molecule has 0 radical (unpaired) electrons. The zero-order valence-corrected chi connectivity index (χ0v) is 18.5. The molecule has 3 unspecified atom stereocenters. The number of rotatable bonds is 6. The van der Waals surface area contributed by atoms with E-state index in [2.05, 4.69) is 11.9 Å². The summed E-state index contributed by atoms with van der Waals surface area (Å²) in [6.07, 6.45) is 1.14. The van der Waals surface area contributed by atoms with Gasteiger partial charge in [-0.2, -0.15) is 0 Å². The van der Waals surface area contributed by atoms with Gasteiger partial charge in [0.15, 0.2) is 0 Å². The number of allylic oxidation sites excluding steroid dienone is 1. The number of hydrogen-bond acceptors (Lipinski definition) is 5. The van der Waals surface area contributed by atoms with Gasteiger partial charge in [-0.15, -0.1) is 0 Å². The standard InChI is InChI=1S/C26H27N3O5/c1-17-5-10-22(25(31)27-17)29-14-21-20(26(29)32)3-2-4-23(21)34-15-19-8-6-18(7-9-19)13-28-11-12-33-16-24(28)30/h2-4,6-9,22H,1,5,10-16H2,(H,27,31)/i11D,12D,16D2. The van der Waals surface area contributed by atoms with Crippen molar-refractivity contribution < 1.29 is 29.3 Å². The molecule has 0 spiro atoms. The molecule has 1 N–H and O–H groups in total. The van der Waals surface area contributed by atoms with E-state index in [0.717, 1.165) is 16.0 Å². The molecule has 176 valence electrons. The Bertz CT molecular complexity index is 1300. The normalized spacial score (nSPS) is 27.9. The number of carbonyl (C=O) groups excluding carboxylic acids is 3. The summed E-state index contributed by atoms with van der Waals surface area (Å²) in [6, 6.07) is 11.8. The molecular formula is C26H27N3O5. The van der Waals surface area contributed by atoms with Crippen molar-refractivity contribution >= 4 is 17.7 Å². The van der Waals surface area contributed by atoms with Crippen molar-refractivity contribution in [2.24, 2.45) is 0 Å². The average Bonchev–Trinajstić information content (AvgIpc) is 3.21. The van der Waals surface area contributed by atoms with E-state index in [1.54, 1.807) is 47.4 Å². The van der Waals surface area contributed by atoms with Gasteiger partial charge in [-0.3, -0.25) is 14.4 Å². The number of hydrogen-bond donors (Lipinski definition) is 1. The molecule has 2 saturated heterocycles. The summed E-state index contributed by atoms with van der Waals surface area (Å²) in [5.41, 5.74) is 3.39. The van der Waals surface area contributed by atoms with Crippen LogP contribution in [0.3, 0.4) is 0 Å². The summed E-state index contributed by atoms with van der Waals surface area (Å²) in [4.78, 5) is 40.4. The summed E-state index contributed by atoms with van der Waals surface area (Å²) >= 11 is 0. The third kappa shape index (κ3) is 4.41. The number of nitrogens with one attached hydrogen (secondary N) is 1. The van der Waals surface area contributed by atoms with Crippen molar-refractivity contribution in [1.29, 1.82) is 0 Å². The van der Waals surface area contributed by atoms with Crippen LogP contribution in [0.2, 0.25) is 0 Å². The Hall–Kier alpha value is -3.65. The number of amides is 3. The maximum absolute atomic E-state index is 13.0. The minimum absolute atomic E-state index is 0.0291. The highest BCUT2D eigenvalue weighted by Crippen LogP contribution is 2.34. The molecule has 0 aliphatic carbocycles. The van der Waals surface area contributed by atoms with Crippen molar-refractivity contribution in [3.63, 3.8) is 0 Å². The second-order valence-corrected chi connectivity index (χ2v) is 8.41. The SMILES string of the molecule is [2H]C1OC([2H])([2H])C(=O)N(Cc2ccc(COc3cccc4c3CN(C3CCC(=C)NC3=O)C4=O)cc2)C1[2H]. The van der Waals surface area contributed by atoms with Crippen molar-refractivity contribution in [3.8, 4) is 5.75 Å². The predicted octanol–water partition coefficient (Wildman–Crippen LogP) is 2.37. The molecule has 0 saturated carbocycles. The first kappa shape index (κ1) is 17.8. The van der Waals surface area contributed by atoms with E-state index < -0.39 is 31.6 Å². The zero-order valence-electron chi connectivity index (χ0n) is 22.5. The largest absolute Gasteiger partial charge is 0.489 e. The Morgan fingerprint density at radius 1 is 1.15 bits per heavy atom. The Kier molecular flexibility index (Phi) is 4.86. The van der Waals surface area contributed by atoms with E-state index in [-0.39, 0.29) is 31.5 Å². The van der Waals surface area contributed by atoms with Crippen LogP contribution < -0.4 is 10.1 Å². The van der Waals surface area contributed by atoms with E-state index in [1.807, 2.05) is 0 Å². The van der Waals surface area contributed by atoms with Gasteiger partial charge in [0.2, 0.25) is 11.8 Å². The first-order valence-electron chi connectivity index (χ1n) is 13.2. The number of carbonyl (C=O) groups is 3. The van der Waals surface area contributed by atoms with Crippen LogP contribution in [0, 0.1) is 0 Å². The van der Waals surface area contributed by atoms with Crippen LogP contribution >= 0.6 is 0 Å². The van der Waals surface area contributed by atoms with Crippen molar-refractivity contribution in [2.75, 3.05) is 19.7 Å². The molecule has 8 nitrogen and oxygen atoms in total. The molecule has 5 rings (SSSR count). The number of benzene rings is 2. The molecule has 0 bridgehead atoms. The van der Waals surface area contributed by atoms with E-state index in [1.165, 1.54) is 0 Å². The minimum Gasteiger partial charge on any atom is -0.489 e. The van der Waals surface area contributed by atoms with Gasteiger partial charge in [-0.25, -0.2) is 0 Å². The molecular weight excluding hydrogens is 434 g/mol. The third-order valence-corrected chi connectivity index (χ3v) is 6.14. The lowest BCUT2D eigenvalue weighted by Gasteiger charge is -2.31.